The summed E-state index contributed by atoms with van der Waals surface area (Å²) in [4.78, 5) is 0. The van der Waals surface area contributed by atoms with Gasteiger partial charge in [0, 0.05) is 10.8 Å². The minimum Gasteiger partial charge on any atom is -0.399 e. The van der Waals surface area contributed by atoms with E-state index in [1.165, 1.54) is 10.9 Å². The lowest BCUT2D eigenvalue weighted by atomic mass is 10.0. The quantitative estimate of drug-likeness (QED) is 0.648. The molecule has 88 valence electrons. The standard InChI is InChI=1S/C15H18NP/c1-15(2,12-6-4-3-5-7-12)17-14-10-8-13(16)9-11-14/h3-11,17H,16H2,1-2H3. The van der Waals surface area contributed by atoms with E-state index in [0.29, 0.717) is 0 Å². The molecule has 0 bridgehead atoms. The monoisotopic (exact) mass is 243 g/mol. The van der Waals surface area contributed by atoms with Gasteiger partial charge in [0.25, 0.3) is 0 Å². The average Bonchev–Trinajstić information content (AvgIpc) is 2.33. The number of hydrogen-bond donors (Lipinski definition) is 1. The SMILES string of the molecule is CC(C)(Pc1ccc(N)cc1)c1ccccc1. The Kier molecular flexibility index (Phi) is 3.49. The van der Waals surface area contributed by atoms with Gasteiger partial charge in [0.1, 0.15) is 0 Å². The molecule has 2 N–H and O–H groups in total. The van der Waals surface area contributed by atoms with Crippen LogP contribution in [0.5, 0.6) is 0 Å². The second-order valence-corrected chi connectivity index (χ2v) is 6.82. The van der Waals surface area contributed by atoms with Crippen LogP contribution in [-0.2, 0) is 5.16 Å². The highest BCUT2D eigenvalue weighted by Gasteiger charge is 2.20. The molecule has 0 saturated heterocycles. The Labute approximate surface area is 105 Å². The molecule has 0 amide bonds. The summed E-state index contributed by atoms with van der Waals surface area (Å²) >= 11 is 0. The van der Waals surface area contributed by atoms with Crippen LogP contribution in [0.15, 0.2) is 54.6 Å². The number of hydrogen-bond acceptors (Lipinski definition) is 1. The van der Waals surface area contributed by atoms with E-state index in [1.54, 1.807) is 0 Å². The lowest BCUT2D eigenvalue weighted by molar-refractivity contribution is 0.778. The summed E-state index contributed by atoms with van der Waals surface area (Å²) in [5.74, 6) is 0. The molecule has 0 fully saturated rings. The van der Waals surface area contributed by atoms with Gasteiger partial charge >= 0.3 is 0 Å². The fourth-order valence-corrected chi connectivity index (χ4v) is 3.22. The van der Waals surface area contributed by atoms with Gasteiger partial charge in [-0.15, -0.1) is 0 Å². The van der Waals surface area contributed by atoms with Crippen molar-refractivity contribution in [3.05, 3.63) is 60.2 Å². The summed E-state index contributed by atoms with van der Waals surface area (Å²) in [6, 6.07) is 18.9. The van der Waals surface area contributed by atoms with Gasteiger partial charge in [0.05, 0.1) is 0 Å². The molecule has 1 nitrogen and oxygen atoms in total. The molecular formula is C15H18NP. The van der Waals surface area contributed by atoms with Crippen LogP contribution < -0.4 is 11.0 Å². The van der Waals surface area contributed by atoms with E-state index in [-0.39, 0.29) is 5.16 Å². The fraction of sp³-hybridized carbons (Fsp3) is 0.200. The first-order chi connectivity index (χ1) is 8.08. The molecule has 0 aliphatic rings. The van der Waals surface area contributed by atoms with Crippen LogP contribution in [0, 0.1) is 0 Å². The number of benzene rings is 2. The molecular weight excluding hydrogens is 225 g/mol. The zero-order valence-electron chi connectivity index (χ0n) is 10.3. The summed E-state index contributed by atoms with van der Waals surface area (Å²) in [7, 11) is 0.749. The minimum atomic E-state index is 0.178. The van der Waals surface area contributed by atoms with Gasteiger partial charge in [0.15, 0.2) is 0 Å². The number of anilines is 1. The highest BCUT2D eigenvalue weighted by Crippen LogP contribution is 2.40. The van der Waals surface area contributed by atoms with E-state index < -0.39 is 0 Å². The fourth-order valence-electron chi connectivity index (χ4n) is 1.85. The van der Waals surface area contributed by atoms with Gasteiger partial charge in [0.2, 0.25) is 0 Å². The van der Waals surface area contributed by atoms with Crippen molar-refractivity contribution in [1.82, 2.24) is 0 Å². The molecule has 0 aliphatic carbocycles. The van der Waals surface area contributed by atoms with Gasteiger partial charge in [-0.2, -0.15) is 0 Å². The second kappa shape index (κ2) is 4.89. The highest BCUT2D eigenvalue weighted by atomic mass is 31.1. The summed E-state index contributed by atoms with van der Waals surface area (Å²) in [6.45, 7) is 4.58. The number of nitrogens with two attached hydrogens (primary N) is 1. The molecule has 1 atom stereocenters. The van der Waals surface area contributed by atoms with Crippen molar-refractivity contribution in [2.45, 2.75) is 19.0 Å². The van der Waals surface area contributed by atoms with E-state index in [4.69, 9.17) is 5.73 Å². The van der Waals surface area contributed by atoms with Crippen molar-refractivity contribution in [2.24, 2.45) is 0 Å². The van der Waals surface area contributed by atoms with Crippen LogP contribution in [-0.4, -0.2) is 0 Å². The first-order valence-electron chi connectivity index (χ1n) is 5.77. The molecule has 0 saturated carbocycles. The molecule has 0 spiro atoms. The summed E-state index contributed by atoms with van der Waals surface area (Å²) in [5.41, 5.74) is 7.92. The Hall–Kier alpha value is -1.33. The first-order valence-corrected chi connectivity index (χ1v) is 6.77. The Morgan fingerprint density at radius 2 is 1.47 bits per heavy atom. The third-order valence-electron chi connectivity index (χ3n) is 2.86. The average molecular weight is 243 g/mol. The maximum Gasteiger partial charge on any atom is 0.0314 e. The lowest BCUT2D eigenvalue weighted by Crippen LogP contribution is -2.14. The van der Waals surface area contributed by atoms with E-state index >= 15 is 0 Å². The maximum atomic E-state index is 5.70. The molecule has 0 radical (unpaired) electrons. The van der Waals surface area contributed by atoms with Crippen molar-refractivity contribution >= 4 is 19.6 Å². The van der Waals surface area contributed by atoms with E-state index in [9.17, 15) is 0 Å². The zero-order valence-corrected chi connectivity index (χ0v) is 11.3. The number of rotatable bonds is 3. The van der Waals surface area contributed by atoms with Crippen molar-refractivity contribution < 1.29 is 0 Å². The van der Waals surface area contributed by atoms with Gasteiger partial charge in [-0.1, -0.05) is 64.9 Å². The predicted molar refractivity (Wildman–Crippen MR) is 78.3 cm³/mol. The van der Waals surface area contributed by atoms with Crippen LogP contribution in [0.2, 0.25) is 0 Å². The van der Waals surface area contributed by atoms with E-state index in [0.717, 1.165) is 14.3 Å². The van der Waals surface area contributed by atoms with Crippen LogP contribution in [0.25, 0.3) is 0 Å². The van der Waals surface area contributed by atoms with Crippen LogP contribution >= 0.6 is 8.58 Å². The van der Waals surface area contributed by atoms with Crippen molar-refractivity contribution in [3.8, 4) is 0 Å². The van der Waals surface area contributed by atoms with Gasteiger partial charge in [-0.05, 0) is 23.0 Å². The molecule has 2 aromatic carbocycles. The Morgan fingerprint density at radius 1 is 0.882 bits per heavy atom. The lowest BCUT2D eigenvalue weighted by Gasteiger charge is -2.25. The third-order valence-corrected chi connectivity index (χ3v) is 4.40. The minimum absolute atomic E-state index is 0.178. The highest BCUT2D eigenvalue weighted by molar-refractivity contribution is 7.48. The molecule has 2 heteroatoms. The topological polar surface area (TPSA) is 26.0 Å². The van der Waals surface area contributed by atoms with Gasteiger partial charge in [-0.3, -0.25) is 0 Å². The molecule has 1 unspecified atom stereocenters. The van der Waals surface area contributed by atoms with Crippen LogP contribution in [0.3, 0.4) is 0 Å². The van der Waals surface area contributed by atoms with Crippen LogP contribution in [0.1, 0.15) is 19.4 Å². The Morgan fingerprint density at radius 3 is 2.06 bits per heavy atom. The summed E-state index contributed by atoms with van der Waals surface area (Å²) < 4.78 is 0. The third kappa shape index (κ3) is 3.08. The molecule has 0 heterocycles. The summed E-state index contributed by atoms with van der Waals surface area (Å²) in [5, 5.41) is 1.53. The van der Waals surface area contributed by atoms with E-state index in [2.05, 4.69) is 56.3 Å². The van der Waals surface area contributed by atoms with E-state index in [1.807, 2.05) is 12.1 Å². The van der Waals surface area contributed by atoms with Gasteiger partial charge in [-0.25, -0.2) is 0 Å². The van der Waals surface area contributed by atoms with Gasteiger partial charge < -0.3 is 5.73 Å². The maximum absolute atomic E-state index is 5.70. The Balaban J connectivity index is 2.20. The molecule has 0 aromatic heterocycles. The van der Waals surface area contributed by atoms with Crippen LogP contribution in [0.4, 0.5) is 5.69 Å². The zero-order chi connectivity index (χ0) is 12.3. The van der Waals surface area contributed by atoms with Crippen molar-refractivity contribution in [2.75, 3.05) is 5.73 Å². The molecule has 2 aromatic rings. The Bertz CT molecular complexity index is 474. The molecule has 0 aliphatic heterocycles. The first kappa shape index (κ1) is 12.1. The summed E-state index contributed by atoms with van der Waals surface area (Å²) in [6.07, 6.45) is 0. The molecule has 17 heavy (non-hydrogen) atoms. The second-order valence-electron chi connectivity index (χ2n) is 4.74. The van der Waals surface area contributed by atoms with Crippen molar-refractivity contribution in [1.29, 1.82) is 0 Å². The number of nitrogen functional groups attached to an aromatic ring is 1. The smallest absolute Gasteiger partial charge is 0.0314 e. The van der Waals surface area contributed by atoms with Crippen molar-refractivity contribution in [3.63, 3.8) is 0 Å². The largest absolute Gasteiger partial charge is 0.399 e. The normalized spacial score (nSPS) is 12.1. The predicted octanol–water partition coefficient (Wildman–Crippen LogP) is 3.51. The molecule has 2 rings (SSSR count).